The maximum absolute atomic E-state index is 12.4. The van der Waals surface area contributed by atoms with Crippen LogP contribution in [0, 0.1) is 0 Å². The summed E-state index contributed by atoms with van der Waals surface area (Å²) in [5, 5.41) is 5.40. The lowest BCUT2D eigenvalue weighted by Crippen LogP contribution is -2.38. The number of hydrogen-bond donors (Lipinski definition) is 1. The van der Waals surface area contributed by atoms with E-state index in [1.54, 1.807) is 15.6 Å². The summed E-state index contributed by atoms with van der Waals surface area (Å²) in [5.74, 6) is 0.254. The van der Waals surface area contributed by atoms with Crippen molar-refractivity contribution in [1.29, 1.82) is 0 Å². The van der Waals surface area contributed by atoms with Crippen LogP contribution in [0.4, 0.5) is 0 Å². The minimum absolute atomic E-state index is 0.254. The van der Waals surface area contributed by atoms with E-state index in [4.69, 9.17) is 0 Å². The number of hydrogen-bond acceptors (Lipinski definition) is 4. The highest BCUT2D eigenvalue weighted by molar-refractivity contribution is 7.89. The van der Waals surface area contributed by atoms with Crippen molar-refractivity contribution in [3.8, 4) is 0 Å². The first kappa shape index (κ1) is 15.9. The molecule has 1 aromatic rings. The van der Waals surface area contributed by atoms with Gasteiger partial charge in [-0.2, -0.15) is 4.31 Å². The van der Waals surface area contributed by atoms with E-state index in [0.29, 0.717) is 19.1 Å². The highest BCUT2D eigenvalue weighted by atomic mass is 32.2. The molecule has 0 radical (unpaired) electrons. The van der Waals surface area contributed by atoms with E-state index in [-0.39, 0.29) is 5.75 Å². The summed E-state index contributed by atoms with van der Waals surface area (Å²) in [6.07, 6.45) is 4.25. The third kappa shape index (κ3) is 4.55. The number of nitrogens with one attached hydrogen (secondary N) is 1. The summed E-state index contributed by atoms with van der Waals surface area (Å²) in [7, 11) is -3.15. The van der Waals surface area contributed by atoms with Crippen molar-refractivity contribution in [3.05, 3.63) is 22.4 Å². The van der Waals surface area contributed by atoms with Gasteiger partial charge in [0, 0.05) is 24.0 Å². The zero-order chi connectivity index (χ0) is 14.4. The summed E-state index contributed by atoms with van der Waals surface area (Å²) in [5.41, 5.74) is 0. The van der Waals surface area contributed by atoms with Crippen LogP contribution in [-0.2, 0) is 16.6 Å². The Labute approximate surface area is 126 Å². The molecule has 1 aliphatic rings. The third-order valence-electron chi connectivity index (χ3n) is 3.80. The van der Waals surface area contributed by atoms with Crippen LogP contribution in [-0.4, -0.2) is 37.6 Å². The molecule has 20 heavy (non-hydrogen) atoms. The first-order valence-corrected chi connectivity index (χ1v) is 9.84. The van der Waals surface area contributed by atoms with Crippen molar-refractivity contribution >= 4 is 21.4 Å². The normalized spacial score (nSPS) is 20.4. The molecule has 0 amide bonds. The second kappa shape index (κ2) is 7.54. The monoisotopic (exact) mass is 316 g/mol. The van der Waals surface area contributed by atoms with E-state index < -0.39 is 10.0 Å². The minimum Gasteiger partial charge on any atom is -0.314 e. The number of piperidine rings is 1. The zero-order valence-corrected chi connectivity index (χ0v) is 13.7. The van der Waals surface area contributed by atoms with Gasteiger partial charge < -0.3 is 5.32 Å². The van der Waals surface area contributed by atoms with Crippen molar-refractivity contribution in [1.82, 2.24) is 9.62 Å². The van der Waals surface area contributed by atoms with Crippen LogP contribution in [0.5, 0.6) is 0 Å². The fraction of sp³-hybridized carbons (Fsp3) is 0.714. The second-order valence-electron chi connectivity index (χ2n) is 5.26. The van der Waals surface area contributed by atoms with Crippen molar-refractivity contribution in [2.45, 2.75) is 45.2 Å². The Bertz CT molecular complexity index is 479. The van der Waals surface area contributed by atoms with Crippen molar-refractivity contribution in [2.75, 3.05) is 18.8 Å². The molecule has 4 nitrogen and oxygen atoms in total. The largest absolute Gasteiger partial charge is 0.314 e. The predicted molar refractivity (Wildman–Crippen MR) is 84.4 cm³/mol. The van der Waals surface area contributed by atoms with Crippen LogP contribution < -0.4 is 5.32 Å². The highest BCUT2D eigenvalue weighted by Crippen LogP contribution is 2.17. The van der Waals surface area contributed by atoms with Crippen molar-refractivity contribution in [3.63, 3.8) is 0 Å². The molecule has 2 heterocycles. The topological polar surface area (TPSA) is 49.4 Å². The Kier molecular flexibility index (Phi) is 6.01. The minimum atomic E-state index is -3.15. The molecule has 0 saturated carbocycles. The summed E-state index contributed by atoms with van der Waals surface area (Å²) in [6.45, 7) is 3.98. The standard InChI is InChI=1S/C14H24N2O2S2/c1-2-16(12-14-7-5-10-19-14)20(17,18)11-8-13-6-3-4-9-15-13/h5,7,10,13,15H,2-4,6,8-9,11-12H2,1H3. The molecule has 0 aromatic carbocycles. The number of sulfonamides is 1. The average Bonchev–Trinajstić information content (AvgIpc) is 2.97. The molecule has 6 heteroatoms. The summed E-state index contributed by atoms with van der Waals surface area (Å²) < 4.78 is 26.5. The Morgan fingerprint density at radius 3 is 2.90 bits per heavy atom. The lowest BCUT2D eigenvalue weighted by Gasteiger charge is -2.25. The SMILES string of the molecule is CCN(Cc1cccs1)S(=O)(=O)CCC1CCCCN1. The maximum Gasteiger partial charge on any atom is 0.214 e. The summed E-state index contributed by atoms with van der Waals surface area (Å²) in [4.78, 5) is 1.10. The molecule has 1 saturated heterocycles. The van der Waals surface area contributed by atoms with Gasteiger partial charge in [0.1, 0.15) is 0 Å². The van der Waals surface area contributed by atoms with E-state index in [2.05, 4.69) is 5.32 Å². The van der Waals surface area contributed by atoms with Crippen LogP contribution in [0.15, 0.2) is 17.5 Å². The molecule has 1 atom stereocenters. The van der Waals surface area contributed by atoms with Crippen LogP contribution in [0.2, 0.25) is 0 Å². The average molecular weight is 316 g/mol. The Hall–Kier alpha value is -0.430. The second-order valence-corrected chi connectivity index (χ2v) is 8.38. The highest BCUT2D eigenvalue weighted by Gasteiger charge is 2.23. The molecule has 1 aliphatic heterocycles. The van der Waals surface area contributed by atoms with Crippen LogP contribution in [0.3, 0.4) is 0 Å². The Morgan fingerprint density at radius 2 is 2.30 bits per heavy atom. The number of nitrogens with zero attached hydrogens (tertiary/aromatic N) is 1. The van der Waals surface area contributed by atoms with Crippen molar-refractivity contribution in [2.24, 2.45) is 0 Å². The molecule has 114 valence electrons. The van der Waals surface area contributed by atoms with Crippen molar-refractivity contribution < 1.29 is 8.42 Å². The lowest BCUT2D eigenvalue weighted by atomic mass is 10.0. The quantitative estimate of drug-likeness (QED) is 0.840. The first-order valence-electron chi connectivity index (χ1n) is 7.35. The molecule has 0 bridgehead atoms. The zero-order valence-electron chi connectivity index (χ0n) is 12.0. The van der Waals surface area contributed by atoms with E-state index in [0.717, 1.165) is 24.3 Å². The van der Waals surface area contributed by atoms with E-state index in [9.17, 15) is 8.42 Å². The molecule has 1 aromatic heterocycles. The van der Waals surface area contributed by atoms with Gasteiger partial charge in [0.2, 0.25) is 10.0 Å². The first-order chi connectivity index (χ1) is 9.62. The molecule has 1 unspecified atom stereocenters. The van der Waals surface area contributed by atoms with Crippen LogP contribution in [0.25, 0.3) is 0 Å². The van der Waals surface area contributed by atoms with Gasteiger partial charge in [0.25, 0.3) is 0 Å². The van der Waals surface area contributed by atoms with E-state index in [1.807, 2.05) is 24.4 Å². The predicted octanol–water partition coefficient (Wildman–Crippen LogP) is 2.43. The molecule has 2 rings (SSSR count). The fourth-order valence-corrected chi connectivity index (χ4v) is 4.94. The lowest BCUT2D eigenvalue weighted by molar-refractivity contribution is 0.384. The van der Waals surface area contributed by atoms with Gasteiger partial charge in [-0.05, 0) is 37.3 Å². The van der Waals surface area contributed by atoms with Gasteiger partial charge in [-0.25, -0.2) is 8.42 Å². The molecular formula is C14H24N2O2S2. The summed E-state index contributed by atoms with van der Waals surface area (Å²) in [6, 6.07) is 4.33. The number of rotatable bonds is 7. The Balaban J connectivity index is 1.89. The van der Waals surface area contributed by atoms with Gasteiger partial charge in [0.05, 0.1) is 5.75 Å². The third-order valence-corrected chi connectivity index (χ3v) is 6.58. The maximum atomic E-state index is 12.4. The van der Waals surface area contributed by atoms with Gasteiger partial charge in [-0.3, -0.25) is 0 Å². The van der Waals surface area contributed by atoms with E-state index in [1.165, 1.54) is 12.8 Å². The van der Waals surface area contributed by atoms with Gasteiger partial charge in [-0.15, -0.1) is 11.3 Å². The number of thiophene rings is 1. The fourth-order valence-electron chi connectivity index (χ4n) is 2.57. The smallest absolute Gasteiger partial charge is 0.214 e. The van der Waals surface area contributed by atoms with Crippen LogP contribution >= 0.6 is 11.3 Å². The molecular weight excluding hydrogens is 292 g/mol. The molecule has 0 spiro atoms. The molecule has 1 fully saturated rings. The van der Waals surface area contributed by atoms with Gasteiger partial charge in [0.15, 0.2) is 0 Å². The van der Waals surface area contributed by atoms with Gasteiger partial charge in [-0.1, -0.05) is 19.4 Å². The Morgan fingerprint density at radius 1 is 1.45 bits per heavy atom. The summed E-state index contributed by atoms with van der Waals surface area (Å²) >= 11 is 1.61. The van der Waals surface area contributed by atoms with Gasteiger partial charge >= 0.3 is 0 Å². The molecule has 0 aliphatic carbocycles. The molecule has 1 N–H and O–H groups in total. The van der Waals surface area contributed by atoms with Crippen LogP contribution in [0.1, 0.15) is 37.5 Å². The van der Waals surface area contributed by atoms with E-state index >= 15 is 0 Å².